The van der Waals surface area contributed by atoms with E-state index < -0.39 is 0 Å². The van der Waals surface area contributed by atoms with Crippen molar-refractivity contribution in [1.29, 1.82) is 0 Å². The summed E-state index contributed by atoms with van der Waals surface area (Å²) in [6.07, 6.45) is 1.03. The maximum Gasteiger partial charge on any atom is 0.122 e. The van der Waals surface area contributed by atoms with Gasteiger partial charge in [-0.3, -0.25) is 0 Å². The standard InChI is InChI=1S/C18H21NO/c1-13(2)15-4-6-17(7-5-15)19-12-14-3-8-18-16(11-14)9-10-20-18/h3-8,11,13,19H,9-10,12H2,1-2H3. The lowest BCUT2D eigenvalue weighted by Gasteiger charge is -2.10. The number of benzene rings is 2. The van der Waals surface area contributed by atoms with Crippen LogP contribution < -0.4 is 10.1 Å². The Labute approximate surface area is 120 Å². The minimum Gasteiger partial charge on any atom is -0.493 e. The Morgan fingerprint density at radius 3 is 2.65 bits per heavy atom. The number of fused-ring (bicyclic) bond motifs is 1. The summed E-state index contributed by atoms with van der Waals surface area (Å²) < 4.78 is 5.53. The highest BCUT2D eigenvalue weighted by Gasteiger charge is 2.11. The second-order valence-corrected chi connectivity index (χ2v) is 5.67. The monoisotopic (exact) mass is 267 g/mol. The summed E-state index contributed by atoms with van der Waals surface area (Å²) in [5, 5.41) is 3.48. The van der Waals surface area contributed by atoms with E-state index in [2.05, 4.69) is 61.6 Å². The molecule has 1 heterocycles. The number of hydrogen-bond acceptors (Lipinski definition) is 2. The molecule has 20 heavy (non-hydrogen) atoms. The molecule has 0 atom stereocenters. The molecule has 0 aliphatic carbocycles. The molecule has 2 heteroatoms. The van der Waals surface area contributed by atoms with Gasteiger partial charge in [0.15, 0.2) is 0 Å². The van der Waals surface area contributed by atoms with Crippen molar-refractivity contribution in [2.45, 2.75) is 32.7 Å². The Hall–Kier alpha value is -1.96. The zero-order valence-electron chi connectivity index (χ0n) is 12.1. The van der Waals surface area contributed by atoms with Crippen LogP contribution in [0.15, 0.2) is 42.5 Å². The zero-order chi connectivity index (χ0) is 13.9. The summed E-state index contributed by atoms with van der Waals surface area (Å²) in [6, 6.07) is 15.2. The van der Waals surface area contributed by atoms with E-state index in [4.69, 9.17) is 4.74 Å². The van der Waals surface area contributed by atoms with Gasteiger partial charge in [-0.05, 0) is 40.8 Å². The molecule has 0 saturated carbocycles. The van der Waals surface area contributed by atoms with E-state index >= 15 is 0 Å². The van der Waals surface area contributed by atoms with Crippen molar-refractivity contribution in [2.75, 3.05) is 11.9 Å². The van der Waals surface area contributed by atoms with Crippen LogP contribution in [0.1, 0.15) is 36.5 Å². The summed E-state index contributed by atoms with van der Waals surface area (Å²) in [4.78, 5) is 0. The molecule has 1 aliphatic heterocycles. The van der Waals surface area contributed by atoms with Crippen molar-refractivity contribution in [3.05, 3.63) is 59.2 Å². The molecule has 1 aliphatic rings. The SMILES string of the molecule is CC(C)c1ccc(NCc2ccc3c(c2)CCO3)cc1. The Bertz CT molecular complexity index is 587. The molecule has 104 valence electrons. The molecule has 0 spiro atoms. The minimum atomic E-state index is 0.584. The first kappa shape index (κ1) is 13.0. The van der Waals surface area contributed by atoms with Crippen molar-refractivity contribution in [3.63, 3.8) is 0 Å². The van der Waals surface area contributed by atoms with Gasteiger partial charge in [0.2, 0.25) is 0 Å². The van der Waals surface area contributed by atoms with E-state index in [9.17, 15) is 0 Å². The van der Waals surface area contributed by atoms with Gasteiger partial charge < -0.3 is 10.1 Å². The molecule has 0 radical (unpaired) electrons. The van der Waals surface area contributed by atoms with Crippen LogP contribution in [0.4, 0.5) is 5.69 Å². The molecule has 0 saturated heterocycles. The number of nitrogens with one attached hydrogen (secondary N) is 1. The van der Waals surface area contributed by atoms with Crippen molar-refractivity contribution in [2.24, 2.45) is 0 Å². The van der Waals surface area contributed by atoms with Gasteiger partial charge in [-0.25, -0.2) is 0 Å². The summed E-state index contributed by atoms with van der Waals surface area (Å²) >= 11 is 0. The minimum absolute atomic E-state index is 0.584. The summed E-state index contributed by atoms with van der Waals surface area (Å²) in [7, 11) is 0. The lowest BCUT2D eigenvalue weighted by Crippen LogP contribution is -2.00. The van der Waals surface area contributed by atoms with E-state index in [1.807, 2.05) is 0 Å². The average Bonchev–Trinajstić information content (AvgIpc) is 2.93. The van der Waals surface area contributed by atoms with Gasteiger partial charge in [0.25, 0.3) is 0 Å². The molecule has 0 bridgehead atoms. The summed E-state index contributed by atoms with van der Waals surface area (Å²) in [5.41, 5.74) is 5.19. The highest BCUT2D eigenvalue weighted by Crippen LogP contribution is 2.26. The summed E-state index contributed by atoms with van der Waals surface area (Å²) in [5.74, 6) is 1.63. The van der Waals surface area contributed by atoms with Gasteiger partial charge in [0.1, 0.15) is 5.75 Å². The maximum atomic E-state index is 5.53. The second-order valence-electron chi connectivity index (χ2n) is 5.67. The van der Waals surface area contributed by atoms with Crippen LogP contribution in [0, 0.1) is 0 Å². The fraction of sp³-hybridized carbons (Fsp3) is 0.333. The Kier molecular flexibility index (Phi) is 3.64. The highest BCUT2D eigenvalue weighted by atomic mass is 16.5. The smallest absolute Gasteiger partial charge is 0.122 e. The van der Waals surface area contributed by atoms with Crippen LogP contribution in [0.2, 0.25) is 0 Å². The molecule has 2 nitrogen and oxygen atoms in total. The van der Waals surface area contributed by atoms with Gasteiger partial charge >= 0.3 is 0 Å². The van der Waals surface area contributed by atoms with Crippen LogP contribution in [0.5, 0.6) is 5.75 Å². The fourth-order valence-electron chi connectivity index (χ4n) is 2.54. The Balaban J connectivity index is 1.64. The van der Waals surface area contributed by atoms with Gasteiger partial charge in [0, 0.05) is 18.7 Å². The van der Waals surface area contributed by atoms with Crippen LogP contribution in [-0.4, -0.2) is 6.61 Å². The first-order valence-corrected chi connectivity index (χ1v) is 7.31. The lowest BCUT2D eigenvalue weighted by molar-refractivity contribution is 0.357. The predicted octanol–water partition coefficient (Wildman–Crippen LogP) is 4.36. The normalized spacial score (nSPS) is 13.2. The first-order valence-electron chi connectivity index (χ1n) is 7.31. The highest BCUT2D eigenvalue weighted by molar-refractivity contribution is 5.47. The van der Waals surface area contributed by atoms with E-state index in [1.54, 1.807) is 0 Å². The van der Waals surface area contributed by atoms with Crippen molar-refractivity contribution in [1.82, 2.24) is 0 Å². The van der Waals surface area contributed by atoms with Crippen molar-refractivity contribution in [3.8, 4) is 5.75 Å². The number of rotatable bonds is 4. The summed E-state index contributed by atoms with van der Waals surface area (Å²) in [6.45, 7) is 6.11. The molecule has 2 aromatic rings. The molecular weight excluding hydrogens is 246 g/mol. The number of ether oxygens (including phenoxy) is 1. The van der Waals surface area contributed by atoms with E-state index in [-0.39, 0.29) is 0 Å². The molecule has 3 rings (SSSR count). The second kappa shape index (κ2) is 5.58. The third-order valence-electron chi connectivity index (χ3n) is 3.83. The average molecular weight is 267 g/mol. The third kappa shape index (κ3) is 2.79. The molecule has 0 aromatic heterocycles. The van der Waals surface area contributed by atoms with Crippen LogP contribution in [0.25, 0.3) is 0 Å². The van der Waals surface area contributed by atoms with E-state index in [0.29, 0.717) is 5.92 Å². The van der Waals surface area contributed by atoms with Gasteiger partial charge in [-0.2, -0.15) is 0 Å². The van der Waals surface area contributed by atoms with E-state index in [0.717, 1.165) is 25.3 Å². The maximum absolute atomic E-state index is 5.53. The van der Waals surface area contributed by atoms with Crippen LogP contribution in [0.3, 0.4) is 0 Å². The molecular formula is C18H21NO. The van der Waals surface area contributed by atoms with Gasteiger partial charge in [0.05, 0.1) is 6.61 Å². The first-order chi connectivity index (χ1) is 9.72. The molecule has 2 aromatic carbocycles. The zero-order valence-corrected chi connectivity index (χ0v) is 12.1. The van der Waals surface area contributed by atoms with Gasteiger partial charge in [-0.1, -0.05) is 38.1 Å². The topological polar surface area (TPSA) is 21.3 Å². The molecule has 0 unspecified atom stereocenters. The molecule has 1 N–H and O–H groups in total. The number of anilines is 1. The molecule has 0 fully saturated rings. The van der Waals surface area contributed by atoms with Gasteiger partial charge in [-0.15, -0.1) is 0 Å². The lowest BCUT2D eigenvalue weighted by atomic mass is 10.0. The Morgan fingerprint density at radius 2 is 1.90 bits per heavy atom. The fourth-order valence-corrected chi connectivity index (χ4v) is 2.54. The quantitative estimate of drug-likeness (QED) is 0.888. The van der Waals surface area contributed by atoms with Crippen LogP contribution >= 0.6 is 0 Å². The van der Waals surface area contributed by atoms with Crippen molar-refractivity contribution >= 4 is 5.69 Å². The van der Waals surface area contributed by atoms with Crippen molar-refractivity contribution < 1.29 is 4.74 Å². The third-order valence-corrected chi connectivity index (χ3v) is 3.83. The predicted molar refractivity (Wildman–Crippen MR) is 83.5 cm³/mol. The Morgan fingerprint density at radius 1 is 1.10 bits per heavy atom. The molecule has 0 amide bonds. The van der Waals surface area contributed by atoms with E-state index in [1.165, 1.54) is 22.4 Å². The van der Waals surface area contributed by atoms with Crippen LogP contribution in [-0.2, 0) is 13.0 Å². The largest absolute Gasteiger partial charge is 0.493 e. The number of hydrogen-bond donors (Lipinski definition) is 1.